The van der Waals surface area contributed by atoms with Crippen LogP contribution in [0.3, 0.4) is 0 Å². The highest BCUT2D eigenvalue weighted by Gasteiger charge is 2.35. The van der Waals surface area contributed by atoms with Crippen molar-refractivity contribution in [3.63, 3.8) is 0 Å². The smallest absolute Gasteiger partial charge is 0.118 e. The minimum Gasteiger partial charge on any atom is -0.497 e. The zero-order chi connectivity index (χ0) is 18.6. The summed E-state index contributed by atoms with van der Waals surface area (Å²) < 4.78 is 5.27. The van der Waals surface area contributed by atoms with E-state index in [-0.39, 0.29) is 12.1 Å². The lowest BCUT2D eigenvalue weighted by molar-refractivity contribution is -0.172. The quantitative estimate of drug-likeness (QED) is 0.590. The summed E-state index contributed by atoms with van der Waals surface area (Å²) in [6, 6.07) is 27.7. The van der Waals surface area contributed by atoms with Crippen molar-refractivity contribution in [2.45, 2.75) is 32.0 Å². The molecule has 1 heterocycles. The second kappa shape index (κ2) is 7.95. The minimum absolute atomic E-state index is 0.0778. The average molecular weight is 359 g/mol. The fourth-order valence-electron chi connectivity index (χ4n) is 3.61. The number of rotatable bonds is 5. The Kier molecular flexibility index (Phi) is 5.23. The topological polar surface area (TPSA) is 21.7 Å². The van der Waals surface area contributed by atoms with E-state index in [4.69, 9.17) is 9.57 Å². The van der Waals surface area contributed by atoms with E-state index in [9.17, 15) is 0 Å². The molecular formula is C24H25NO2. The van der Waals surface area contributed by atoms with E-state index in [2.05, 4.69) is 78.7 Å². The van der Waals surface area contributed by atoms with E-state index < -0.39 is 0 Å². The number of aryl methyl sites for hydroxylation is 1. The molecule has 1 fully saturated rings. The zero-order valence-electron chi connectivity index (χ0n) is 15.8. The maximum atomic E-state index is 6.42. The highest BCUT2D eigenvalue weighted by atomic mass is 16.7. The van der Waals surface area contributed by atoms with E-state index in [1.165, 1.54) is 22.3 Å². The standard InChI is InChI=1S/C24H25NO2/c1-18-8-12-21(13-9-18)24-16-23(20-6-4-3-5-7-20)25(27-24)17-19-10-14-22(26-2)15-11-19/h3-15,23-24H,16-17H2,1-2H3. The molecule has 3 aromatic carbocycles. The van der Waals surface area contributed by atoms with Gasteiger partial charge in [0.2, 0.25) is 0 Å². The summed E-state index contributed by atoms with van der Waals surface area (Å²) in [5.41, 5.74) is 5.01. The molecule has 3 aromatic rings. The Morgan fingerprint density at radius 3 is 2.26 bits per heavy atom. The lowest BCUT2D eigenvalue weighted by Crippen LogP contribution is -2.21. The molecule has 27 heavy (non-hydrogen) atoms. The third kappa shape index (κ3) is 4.05. The largest absolute Gasteiger partial charge is 0.497 e. The average Bonchev–Trinajstić information content (AvgIpc) is 3.13. The number of nitrogens with zero attached hydrogens (tertiary/aromatic N) is 1. The molecule has 1 aliphatic rings. The Bertz CT molecular complexity index is 859. The lowest BCUT2D eigenvalue weighted by atomic mass is 9.97. The van der Waals surface area contributed by atoms with Crippen LogP contribution in [0.15, 0.2) is 78.9 Å². The molecule has 0 bridgehead atoms. The van der Waals surface area contributed by atoms with Gasteiger partial charge in [0.05, 0.1) is 13.2 Å². The first-order valence-electron chi connectivity index (χ1n) is 9.41. The molecule has 0 N–H and O–H groups in total. The first kappa shape index (κ1) is 17.8. The second-order valence-corrected chi connectivity index (χ2v) is 7.09. The molecule has 0 spiro atoms. The summed E-state index contributed by atoms with van der Waals surface area (Å²) in [7, 11) is 1.69. The fourth-order valence-corrected chi connectivity index (χ4v) is 3.61. The van der Waals surface area contributed by atoms with Gasteiger partial charge >= 0.3 is 0 Å². The molecule has 0 radical (unpaired) electrons. The molecule has 0 amide bonds. The molecule has 1 saturated heterocycles. The van der Waals surface area contributed by atoms with Crippen molar-refractivity contribution in [3.8, 4) is 5.75 Å². The lowest BCUT2D eigenvalue weighted by Gasteiger charge is -2.23. The van der Waals surface area contributed by atoms with Crippen LogP contribution in [0.25, 0.3) is 0 Å². The van der Waals surface area contributed by atoms with Crippen molar-refractivity contribution in [3.05, 3.63) is 101 Å². The van der Waals surface area contributed by atoms with Crippen molar-refractivity contribution in [1.29, 1.82) is 0 Å². The summed E-state index contributed by atoms with van der Waals surface area (Å²) >= 11 is 0. The van der Waals surface area contributed by atoms with Crippen LogP contribution in [0.4, 0.5) is 0 Å². The number of ether oxygens (including phenoxy) is 1. The summed E-state index contributed by atoms with van der Waals surface area (Å²) in [5, 5.41) is 2.13. The van der Waals surface area contributed by atoms with Crippen LogP contribution in [-0.4, -0.2) is 12.2 Å². The summed E-state index contributed by atoms with van der Waals surface area (Å²) in [4.78, 5) is 6.42. The number of hydroxylamine groups is 2. The third-order valence-corrected chi connectivity index (χ3v) is 5.18. The second-order valence-electron chi connectivity index (χ2n) is 7.09. The molecule has 0 aromatic heterocycles. The van der Waals surface area contributed by atoms with Crippen molar-refractivity contribution in [1.82, 2.24) is 5.06 Å². The van der Waals surface area contributed by atoms with Gasteiger partial charge in [-0.1, -0.05) is 72.3 Å². The van der Waals surface area contributed by atoms with Gasteiger partial charge in [0.15, 0.2) is 0 Å². The summed E-state index contributed by atoms with van der Waals surface area (Å²) in [5.74, 6) is 0.873. The van der Waals surface area contributed by atoms with Crippen LogP contribution >= 0.6 is 0 Å². The van der Waals surface area contributed by atoms with E-state index in [1.807, 2.05) is 12.1 Å². The van der Waals surface area contributed by atoms with Gasteiger partial charge in [-0.05, 0) is 35.7 Å². The van der Waals surface area contributed by atoms with Gasteiger partial charge in [-0.2, -0.15) is 5.06 Å². The van der Waals surface area contributed by atoms with Crippen LogP contribution in [-0.2, 0) is 11.4 Å². The van der Waals surface area contributed by atoms with Gasteiger partial charge in [-0.25, -0.2) is 0 Å². The molecular weight excluding hydrogens is 334 g/mol. The molecule has 1 aliphatic heterocycles. The highest BCUT2D eigenvalue weighted by molar-refractivity contribution is 5.29. The Morgan fingerprint density at radius 1 is 0.889 bits per heavy atom. The first-order valence-corrected chi connectivity index (χ1v) is 9.41. The molecule has 2 atom stereocenters. The fraction of sp³-hybridized carbons (Fsp3) is 0.250. The Hall–Kier alpha value is -2.62. The molecule has 0 saturated carbocycles. The van der Waals surface area contributed by atoms with Crippen molar-refractivity contribution >= 4 is 0 Å². The van der Waals surface area contributed by atoms with Gasteiger partial charge in [0, 0.05) is 13.0 Å². The number of hydrogen-bond acceptors (Lipinski definition) is 3. The van der Waals surface area contributed by atoms with Crippen LogP contribution in [0.1, 0.15) is 40.8 Å². The Morgan fingerprint density at radius 2 is 1.59 bits per heavy atom. The van der Waals surface area contributed by atoms with Crippen LogP contribution in [0.2, 0.25) is 0 Å². The third-order valence-electron chi connectivity index (χ3n) is 5.18. The normalized spacial score (nSPS) is 19.9. The monoisotopic (exact) mass is 359 g/mol. The number of benzene rings is 3. The van der Waals surface area contributed by atoms with Gasteiger partial charge in [-0.3, -0.25) is 4.84 Å². The molecule has 138 valence electrons. The number of methoxy groups -OCH3 is 1. The van der Waals surface area contributed by atoms with Crippen LogP contribution < -0.4 is 4.74 Å². The summed E-state index contributed by atoms with van der Waals surface area (Å²) in [6.45, 7) is 2.86. The molecule has 0 aliphatic carbocycles. The Balaban J connectivity index is 1.58. The van der Waals surface area contributed by atoms with E-state index in [0.717, 1.165) is 18.7 Å². The molecule has 4 rings (SSSR count). The predicted molar refractivity (Wildman–Crippen MR) is 107 cm³/mol. The van der Waals surface area contributed by atoms with E-state index in [1.54, 1.807) is 7.11 Å². The van der Waals surface area contributed by atoms with Crippen molar-refractivity contribution in [2.75, 3.05) is 7.11 Å². The van der Waals surface area contributed by atoms with Crippen molar-refractivity contribution < 1.29 is 9.57 Å². The van der Waals surface area contributed by atoms with Gasteiger partial charge in [0.1, 0.15) is 11.9 Å². The minimum atomic E-state index is 0.0778. The van der Waals surface area contributed by atoms with Gasteiger partial charge in [-0.15, -0.1) is 0 Å². The molecule has 3 nitrogen and oxygen atoms in total. The first-order chi connectivity index (χ1) is 13.2. The molecule has 2 unspecified atom stereocenters. The maximum Gasteiger partial charge on any atom is 0.118 e. The van der Waals surface area contributed by atoms with Gasteiger partial charge < -0.3 is 4.74 Å². The van der Waals surface area contributed by atoms with Gasteiger partial charge in [0.25, 0.3) is 0 Å². The van der Waals surface area contributed by atoms with E-state index in [0.29, 0.717) is 0 Å². The predicted octanol–water partition coefficient (Wildman–Crippen LogP) is 5.62. The van der Waals surface area contributed by atoms with Crippen LogP contribution in [0, 0.1) is 6.92 Å². The molecule has 3 heteroatoms. The highest BCUT2D eigenvalue weighted by Crippen LogP contribution is 2.42. The van der Waals surface area contributed by atoms with Crippen LogP contribution in [0.5, 0.6) is 5.75 Å². The summed E-state index contributed by atoms with van der Waals surface area (Å²) in [6.07, 6.45) is 1.03. The Labute approximate surface area is 161 Å². The number of hydrogen-bond donors (Lipinski definition) is 0. The van der Waals surface area contributed by atoms with E-state index >= 15 is 0 Å². The van der Waals surface area contributed by atoms with Crippen molar-refractivity contribution in [2.24, 2.45) is 0 Å². The maximum absolute atomic E-state index is 6.42. The zero-order valence-corrected chi connectivity index (χ0v) is 15.8. The SMILES string of the molecule is COc1ccc(CN2OC(c3ccc(C)cc3)CC2c2ccccc2)cc1.